The second-order valence-electron chi connectivity index (χ2n) is 6.70. The van der Waals surface area contributed by atoms with Crippen molar-refractivity contribution < 1.29 is 17.7 Å². The number of terminal acetylenes is 1. The van der Waals surface area contributed by atoms with Crippen molar-refractivity contribution in [3.05, 3.63) is 62.7 Å². The zero-order valence-corrected chi connectivity index (χ0v) is 19.2. The molecule has 0 aliphatic heterocycles. The lowest BCUT2D eigenvalue weighted by Crippen LogP contribution is -2.38. The lowest BCUT2D eigenvalue weighted by Gasteiger charge is -2.19. The molecule has 0 aliphatic rings. The largest absolute Gasteiger partial charge is 0.360 e. The van der Waals surface area contributed by atoms with Crippen LogP contribution in [-0.2, 0) is 16.6 Å². The van der Waals surface area contributed by atoms with Gasteiger partial charge in [-0.25, -0.2) is 12.7 Å². The number of sulfonamides is 1. The van der Waals surface area contributed by atoms with Gasteiger partial charge in [-0.05, 0) is 39.0 Å². The normalized spacial score (nSPS) is 11.4. The van der Waals surface area contributed by atoms with Gasteiger partial charge >= 0.3 is 0 Å². The number of nitrogens with zero attached hydrogens (tertiary/aromatic N) is 4. The maximum absolute atomic E-state index is 13.2. The molecular weight excluding hydrogens is 463 g/mol. The van der Waals surface area contributed by atoms with Crippen LogP contribution in [0.15, 0.2) is 33.7 Å². The number of benzene rings is 1. The molecule has 3 aromatic rings. The highest BCUT2D eigenvalue weighted by Gasteiger charge is 2.35. The predicted octanol–water partition coefficient (Wildman–Crippen LogP) is 3.62. The van der Waals surface area contributed by atoms with E-state index in [9.17, 15) is 13.2 Å². The number of aromatic nitrogens is 3. The molecule has 0 saturated carbocycles. The molecule has 1 aromatic carbocycles. The highest BCUT2D eigenvalue weighted by atomic mass is 35.5. The lowest BCUT2D eigenvalue weighted by molar-refractivity contribution is 0.0866. The van der Waals surface area contributed by atoms with Gasteiger partial charge in [0.1, 0.15) is 5.69 Å². The second kappa shape index (κ2) is 8.75. The molecule has 0 unspecified atom stereocenters. The fourth-order valence-corrected chi connectivity index (χ4v) is 5.14. The number of carbonyl (C=O) groups is 1. The van der Waals surface area contributed by atoms with Crippen LogP contribution in [0.25, 0.3) is 0 Å². The van der Waals surface area contributed by atoms with E-state index in [0.717, 1.165) is 0 Å². The first-order chi connectivity index (χ1) is 14.6. The molecule has 0 bridgehead atoms. The summed E-state index contributed by atoms with van der Waals surface area (Å²) < 4.78 is 33.3. The van der Waals surface area contributed by atoms with Gasteiger partial charge in [-0.15, -0.1) is 6.42 Å². The maximum atomic E-state index is 13.2. The molecule has 0 N–H and O–H groups in total. The van der Waals surface area contributed by atoms with Crippen LogP contribution < -0.4 is 0 Å². The molecule has 0 saturated heterocycles. The Morgan fingerprint density at radius 3 is 2.45 bits per heavy atom. The first-order valence-electron chi connectivity index (χ1n) is 8.98. The van der Waals surface area contributed by atoms with Crippen molar-refractivity contribution in [1.82, 2.24) is 19.2 Å². The number of aryl methyl sites for hydroxylation is 3. The van der Waals surface area contributed by atoms with Crippen LogP contribution in [0.4, 0.5) is 0 Å². The third-order valence-corrected chi connectivity index (χ3v) is 7.23. The van der Waals surface area contributed by atoms with Gasteiger partial charge in [0, 0.05) is 21.3 Å². The third-order valence-electron chi connectivity index (χ3n) is 4.55. The zero-order valence-electron chi connectivity index (χ0n) is 16.9. The van der Waals surface area contributed by atoms with Crippen LogP contribution in [-0.4, -0.2) is 40.1 Å². The van der Waals surface area contributed by atoms with Crippen molar-refractivity contribution in [2.24, 2.45) is 0 Å². The average molecular weight is 481 g/mol. The summed E-state index contributed by atoms with van der Waals surface area (Å²) >= 11 is 12.4. The molecule has 11 heteroatoms. The van der Waals surface area contributed by atoms with Crippen LogP contribution in [0.2, 0.25) is 10.0 Å². The summed E-state index contributed by atoms with van der Waals surface area (Å²) in [5.74, 6) is 1.39. The fraction of sp³-hybridized carbons (Fsp3) is 0.250. The Kier molecular flexibility index (Phi) is 6.46. The number of amides is 1. The number of rotatable bonds is 6. The van der Waals surface area contributed by atoms with E-state index in [-0.39, 0.29) is 28.6 Å². The van der Waals surface area contributed by atoms with Crippen LogP contribution in [0.1, 0.15) is 33.2 Å². The van der Waals surface area contributed by atoms with Gasteiger partial charge in [0.15, 0.2) is 16.3 Å². The van der Waals surface area contributed by atoms with Crippen molar-refractivity contribution in [1.29, 1.82) is 0 Å². The first-order valence-corrected chi connectivity index (χ1v) is 11.2. The van der Waals surface area contributed by atoms with Gasteiger partial charge in [0.05, 0.1) is 13.1 Å². The Morgan fingerprint density at radius 2 is 1.90 bits per heavy atom. The molecule has 1 amide bonds. The number of halogens is 2. The zero-order chi connectivity index (χ0) is 22.9. The number of hydrogen-bond donors (Lipinski definition) is 0. The standard InChI is InChI=1S/C20H18Cl2N4O4S/c1-5-9-26(31(28,29)19-13(3)24-30-14(19)4)20(27)18-10-12(2)25(23-18)11-15-16(21)7-6-8-17(15)22/h1,6-8,10H,9,11H2,2-4H3. The third kappa shape index (κ3) is 4.32. The van der Waals surface area contributed by atoms with Crippen molar-refractivity contribution in [2.75, 3.05) is 6.54 Å². The van der Waals surface area contributed by atoms with Gasteiger partial charge in [-0.3, -0.25) is 9.48 Å². The topological polar surface area (TPSA) is 98.3 Å². The summed E-state index contributed by atoms with van der Waals surface area (Å²) in [5, 5.41) is 8.81. The summed E-state index contributed by atoms with van der Waals surface area (Å²) in [4.78, 5) is 12.9. The van der Waals surface area contributed by atoms with E-state index in [1.54, 1.807) is 25.1 Å². The van der Waals surface area contributed by atoms with Gasteiger partial charge in [0.2, 0.25) is 0 Å². The molecule has 2 aromatic heterocycles. The van der Waals surface area contributed by atoms with E-state index in [4.69, 9.17) is 34.1 Å². The van der Waals surface area contributed by atoms with E-state index >= 15 is 0 Å². The van der Waals surface area contributed by atoms with Crippen molar-refractivity contribution >= 4 is 39.1 Å². The van der Waals surface area contributed by atoms with Crippen LogP contribution in [0.3, 0.4) is 0 Å². The highest BCUT2D eigenvalue weighted by molar-refractivity contribution is 7.89. The molecule has 0 aliphatic carbocycles. The van der Waals surface area contributed by atoms with E-state index in [1.165, 1.54) is 24.6 Å². The average Bonchev–Trinajstić information content (AvgIpc) is 3.24. The van der Waals surface area contributed by atoms with Crippen LogP contribution in [0, 0.1) is 33.1 Å². The monoisotopic (exact) mass is 480 g/mol. The number of hydrogen-bond acceptors (Lipinski definition) is 6. The molecule has 162 valence electrons. The van der Waals surface area contributed by atoms with Crippen molar-refractivity contribution in [3.63, 3.8) is 0 Å². The summed E-state index contributed by atoms with van der Waals surface area (Å²) in [6.07, 6.45) is 5.34. The van der Waals surface area contributed by atoms with E-state index in [2.05, 4.69) is 16.2 Å². The number of carbonyl (C=O) groups excluding carboxylic acids is 1. The summed E-state index contributed by atoms with van der Waals surface area (Å²) in [6.45, 7) is 4.35. The molecule has 31 heavy (non-hydrogen) atoms. The van der Waals surface area contributed by atoms with E-state index in [1.807, 2.05) is 0 Å². The van der Waals surface area contributed by atoms with Crippen molar-refractivity contribution in [3.8, 4) is 12.3 Å². The van der Waals surface area contributed by atoms with Gasteiger partial charge < -0.3 is 4.52 Å². The molecule has 8 nitrogen and oxygen atoms in total. The summed E-state index contributed by atoms with van der Waals surface area (Å²) in [5.41, 5.74) is 1.27. The van der Waals surface area contributed by atoms with Gasteiger partial charge in [-0.1, -0.05) is 40.3 Å². The Labute approximate surface area is 189 Å². The van der Waals surface area contributed by atoms with Gasteiger partial charge in [-0.2, -0.15) is 5.10 Å². The quantitative estimate of drug-likeness (QED) is 0.499. The van der Waals surface area contributed by atoms with Crippen molar-refractivity contribution in [2.45, 2.75) is 32.2 Å². The Balaban J connectivity index is 1.99. The Bertz CT molecular complexity index is 1270. The lowest BCUT2D eigenvalue weighted by atomic mass is 10.2. The first kappa shape index (κ1) is 22.9. The molecule has 0 spiro atoms. The summed E-state index contributed by atoms with van der Waals surface area (Å²) in [6, 6.07) is 6.58. The molecule has 0 fully saturated rings. The fourth-order valence-electron chi connectivity index (χ4n) is 3.04. The minimum Gasteiger partial charge on any atom is -0.360 e. The summed E-state index contributed by atoms with van der Waals surface area (Å²) in [7, 11) is -4.31. The van der Waals surface area contributed by atoms with E-state index < -0.39 is 22.5 Å². The van der Waals surface area contributed by atoms with Crippen LogP contribution >= 0.6 is 23.2 Å². The Hall–Kier alpha value is -2.80. The smallest absolute Gasteiger partial charge is 0.289 e. The minimum atomic E-state index is -4.31. The second-order valence-corrected chi connectivity index (χ2v) is 9.32. The van der Waals surface area contributed by atoms with Crippen LogP contribution in [0.5, 0.6) is 0 Å². The minimum absolute atomic E-state index is 0.0578. The van der Waals surface area contributed by atoms with E-state index in [0.29, 0.717) is 25.6 Å². The predicted molar refractivity (Wildman–Crippen MR) is 116 cm³/mol. The molecule has 3 rings (SSSR count). The van der Waals surface area contributed by atoms with Gasteiger partial charge in [0.25, 0.3) is 15.9 Å². The molecule has 0 radical (unpaired) electrons. The highest BCUT2D eigenvalue weighted by Crippen LogP contribution is 2.27. The maximum Gasteiger partial charge on any atom is 0.289 e. The molecule has 0 atom stereocenters. The Morgan fingerprint density at radius 1 is 1.26 bits per heavy atom. The SMILES string of the molecule is C#CCN(C(=O)c1cc(C)n(Cc2c(Cl)cccc2Cl)n1)S(=O)(=O)c1c(C)noc1C. The molecular formula is C20H18Cl2N4O4S. The molecule has 2 heterocycles.